The molecule has 3 aromatic rings. The number of methoxy groups -OCH3 is 1. The van der Waals surface area contributed by atoms with Crippen LogP contribution in [0.2, 0.25) is 0 Å². The number of aromatic nitrogens is 1. The molecule has 8 heteroatoms. The van der Waals surface area contributed by atoms with E-state index in [-0.39, 0.29) is 36.6 Å². The van der Waals surface area contributed by atoms with E-state index in [9.17, 15) is 19.1 Å². The molecule has 0 radical (unpaired) electrons. The fourth-order valence-corrected chi connectivity index (χ4v) is 3.73. The zero-order valence-corrected chi connectivity index (χ0v) is 19.2. The Hall–Kier alpha value is -3.39. The van der Waals surface area contributed by atoms with E-state index in [0.29, 0.717) is 28.9 Å². The summed E-state index contributed by atoms with van der Waals surface area (Å²) in [5.41, 5.74) is 1.36. The van der Waals surface area contributed by atoms with Gasteiger partial charge in [0.2, 0.25) is 5.43 Å². The summed E-state index contributed by atoms with van der Waals surface area (Å²) in [5, 5.41) is 13.5. The minimum Gasteiger partial charge on any atom is -0.495 e. The van der Waals surface area contributed by atoms with E-state index < -0.39 is 11.4 Å². The van der Waals surface area contributed by atoms with Crippen LogP contribution in [0.25, 0.3) is 10.9 Å². The fraction of sp³-hybridized carbons (Fsp3) is 0.360. The number of hydrogen-bond acceptors (Lipinski definition) is 6. The van der Waals surface area contributed by atoms with Crippen LogP contribution in [0, 0.1) is 11.7 Å². The van der Waals surface area contributed by atoms with Gasteiger partial charge in [-0.25, -0.2) is 9.18 Å². The monoisotopic (exact) mass is 456 g/mol. The van der Waals surface area contributed by atoms with E-state index in [1.807, 2.05) is 13.8 Å². The highest BCUT2D eigenvalue weighted by Gasteiger charge is 2.23. The second kappa shape index (κ2) is 10.5. The van der Waals surface area contributed by atoms with Gasteiger partial charge in [-0.2, -0.15) is 0 Å². The SMILES string of the molecule is CCOC(=O)c1cn([C@H](CO)C(C)C)c2cc(OC)c(NCc3ccc(F)cc3)cc2c1=O. The molecule has 1 aromatic heterocycles. The van der Waals surface area contributed by atoms with Crippen molar-refractivity contribution < 1.29 is 23.8 Å². The number of nitrogens with zero attached hydrogens (tertiary/aromatic N) is 1. The largest absolute Gasteiger partial charge is 0.495 e. The molecule has 1 atom stereocenters. The van der Waals surface area contributed by atoms with Crippen molar-refractivity contribution in [3.8, 4) is 5.75 Å². The van der Waals surface area contributed by atoms with Gasteiger partial charge in [-0.15, -0.1) is 0 Å². The van der Waals surface area contributed by atoms with Gasteiger partial charge in [0.15, 0.2) is 0 Å². The van der Waals surface area contributed by atoms with Gasteiger partial charge in [-0.05, 0) is 36.6 Å². The number of carbonyl (C=O) groups is 1. The number of ether oxygens (including phenoxy) is 2. The molecule has 2 N–H and O–H groups in total. The molecule has 0 aliphatic heterocycles. The van der Waals surface area contributed by atoms with Crippen molar-refractivity contribution in [2.45, 2.75) is 33.4 Å². The van der Waals surface area contributed by atoms with Crippen LogP contribution >= 0.6 is 0 Å². The van der Waals surface area contributed by atoms with Crippen molar-refractivity contribution in [3.05, 3.63) is 69.8 Å². The summed E-state index contributed by atoms with van der Waals surface area (Å²) in [6, 6.07) is 9.05. The molecule has 0 fully saturated rings. The number of esters is 1. The molecule has 0 aliphatic carbocycles. The van der Waals surface area contributed by atoms with Crippen molar-refractivity contribution in [2.24, 2.45) is 5.92 Å². The van der Waals surface area contributed by atoms with Crippen molar-refractivity contribution in [2.75, 3.05) is 25.6 Å². The molecule has 0 saturated carbocycles. The van der Waals surface area contributed by atoms with Gasteiger partial charge in [0, 0.05) is 24.2 Å². The molecule has 2 aromatic carbocycles. The normalized spacial score (nSPS) is 12.1. The predicted molar refractivity (Wildman–Crippen MR) is 125 cm³/mol. The molecule has 0 amide bonds. The smallest absolute Gasteiger partial charge is 0.343 e. The van der Waals surface area contributed by atoms with E-state index in [2.05, 4.69) is 5.32 Å². The van der Waals surface area contributed by atoms with Crippen LogP contribution in [0.5, 0.6) is 5.75 Å². The lowest BCUT2D eigenvalue weighted by Gasteiger charge is -2.25. The summed E-state index contributed by atoms with van der Waals surface area (Å²) < 4.78 is 25.6. The lowest BCUT2D eigenvalue weighted by molar-refractivity contribution is 0.0523. The van der Waals surface area contributed by atoms with Crippen LogP contribution in [0.15, 0.2) is 47.4 Å². The van der Waals surface area contributed by atoms with Crippen LogP contribution in [-0.2, 0) is 11.3 Å². The highest BCUT2D eigenvalue weighted by molar-refractivity contribution is 5.95. The zero-order chi connectivity index (χ0) is 24.1. The van der Waals surface area contributed by atoms with Gasteiger partial charge in [-0.1, -0.05) is 26.0 Å². The molecule has 1 heterocycles. The molecule has 33 heavy (non-hydrogen) atoms. The van der Waals surface area contributed by atoms with E-state index in [1.165, 1.54) is 25.4 Å². The average Bonchev–Trinajstić information content (AvgIpc) is 2.80. The van der Waals surface area contributed by atoms with Crippen molar-refractivity contribution in [1.82, 2.24) is 4.57 Å². The number of benzene rings is 2. The number of halogens is 1. The number of aliphatic hydroxyl groups excluding tert-OH is 1. The average molecular weight is 457 g/mol. The third-order valence-electron chi connectivity index (χ3n) is 5.56. The first kappa shape index (κ1) is 24.3. The van der Waals surface area contributed by atoms with Crippen LogP contribution in [0.4, 0.5) is 10.1 Å². The standard InChI is InChI=1S/C25H29FN2O5/c1-5-33-25(31)19-13-28(22(14-29)15(2)3)21-11-23(32-4)20(10-18(21)24(19)30)27-12-16-6-8-17(26)9-7-16/h6-11,13,15,22,27,29H,5,12,14H2,1-4H3/t22-/m1/s1. The zero-order valence-electron chi connectivity index (χ0n) is 19.2. The molecule has 0 aliphatic rings. The Kier molecular flexibility index (Phi) is 7.71. The lowest BCUT2D eigenvalue weighted by atomic mass is 10.0. The molecule has 7 nitrogen and oxygen atoms in total. The van der Waals surface area contributed by atoms with Gasteiger partial charge in [0.1, 0.15) is 17.1 Å². The molecule has 3 rings (SSSR count). The number of pyridine rings is 1. The fourth-order valence-electron chi connectivity index (χ4n) is 3.73. The van der Waals surface area contributed by atoms with Gasteiger partial charge < -0.3 is 24.5 Å². The number of aliphatic hydroxyl groups is 1. The van der Waals surface area contributed by atoms with E-state index >= 15 is 0 Å². The maximum absolute atomic E-state index is 13.3. The lowest BCUT2D eigenvalue weighted by Crippen LogP contribution is -2.26. The Morgan fingerprint density at radius 2 is 1.91 bits per heavy atom. The van der Waals surface area contributed by atoms with Crippen molar-refractivity contribution in [1.29, 1.82) is 0 Å². The molecule has 0 spiro atoms. The number of rotatable bonds is 9. The molecule has 176 valence electrons. The molecule has 0 unspecified atom stereocenters. The topological polar surface area (TPSA) is 89.8 Å². The van der Waals surface area contributed by atoms with Gasteiger partial charge >= 0.3 is 5.97 Å². The van der Waals surface area contributed by atoms with Gasteiger partial charge in [-0.3, -0.25) is 4.79 Å². The highest BCUT2D eigenvalue weighted by atomic mass is 19.1. The quantitative estimate of drug-likeness (QED) is 0.471. The Labute approximate surface area is 191 Å². The maximum atomic E-state index is 13.3. The van der Waals surface area contributed by atoms with E-state index in [1.54, 1.807) is 35.8 Å². The second-order valence-electron chi connectivity index (χ2n) is 8.04. The summed E-state index contributed by atoms with van der Waals surface area (Å²) in [5.74, 6) is -0.520. The van der Waals surface area contributed by atoms with Crippen LogP contribution in [0.3, 0.4) is 0 Å². The first-order chi connectivity index (χ1) is 15.8. The Bertz CT molecular complexity index is 1190. The van der Waals surface area contributed by atoms with E-state index in [0.717, 1.165) is 5.56 Å². The minimum absolute atomic E-state index is 0.0259. The first-order valence-corrected chi connectivity index (χ1v) is 10.8. The third-order valence-corrected chi connectivity index (χ3v) is 5.56. The molecule has 0 bridgehead atoms. The van der Waals surface area contributed by atoms with Gasteiger partial charge in [0.25, 0.3) is 0 Å². The highest BCUT2D eigenvalue weighted by Crippen LogP contribution is 2.32. The number of fused-ring (bicyclic) bond motifs is 1. The summed E-state index contributed by atoms with van der Waals surface area (Å²) in [6.45, 7) is 5.90. The van der Waals surface area contributed by atoms with Crippen molar-refractivity contribution >= 4 is 22.6 Å². The Balaban J connectivity index is 2.18. The van der Waals surface area contributed by atoms with E-state index in [4.69, 9.17) is 9.47 Å². The molecular formula is C25H29FN2O5. The van der Waals surface area contributed by atoms with Gasteiger partial charge in [0.05, 0.1) is 37.6 Å². The summed E-state index contributed by atoms with van der Waals surface area (Å²) in [6.07, 6.45) is 1.45. The number of nitrogens with one attached hydrogen (secondary N) is 1. The number of carbonyl (C=O) groups excluding carboxylic acids is 1. The second-order valence-corrected chi connectivity index (χ2v) is 8.04. The number of anilines is 1. The summed E-state index contributed by atoms with van der Waals surface area (Å²) >= 11 is 0. The van der Waals surface area contributed by atoms with Crippen LogP contribution in [0.1, 0.15) is 42.7 Å². The number of hydrogen-bond donors (Lipinski definition) is 2. The molecular weight excluding hydrogens is 427 g/mol. The first-order valence-electron chi connectivity index (χ1n) is 10.8. The predicted octanol–water partition coefficient (Wildman–Crippen LogP) is 4.13. The Morgan fingerprint density at radius 1 is 1.21 bits per heavy atom. The third kappa shape index (κ3) is 5.17. The maximum Gasteiger partial charge on any atom is 0.343 e. The van der Waals surface area contributed by atoms with Crippen molar-refractivity contribution in [3.63, 3.8) is 0 Å². The summed E-state index contributed by atoms with van der Waals surface area (Å²) in [4.78, 5) is 25.8. The molecule has 0 saturated heterocycles. The Morgan fingerprint density at radius 3 is 2.48 bits per heavy atom. The van der Waals surface area contributed by atoms with Crippen LogP contribution in [-0.4, -0.2) is 36.0 Å². The summed E-state index contributed by atoms with van der Waals surface area (Å²) in [7, 11) is 1.52. The minimum atomic E-state index is -0.713. The van der Waals surface area contributed by atoms with Crippen LogP contribution < -0.4 is 15.5 Å².